The van der Waals surface area contributed by atoms with Gasteiger partial charge in [0.1, 0.15) is 5.82 Å². The summed E-state index contributed by atoms with van der Waals surface area (Å²) in [5.74, 6) is 0.497. The van der Waals surface area contributed by atoms with Crippen molar-refractivity contribution in [1.82, 2.24) is 16.0 Å². The highest BCUT2D eigenvalue weighted by Crippen LogP contribution is 2.40. The van der Waals surface area contributed by atoms with E-state index in [0.717, 1.165) is 37.7 Å². The molecule has 2 aliphatic rings. The minimum atomic E-state index is -0.272. The fraction of sp³-hybridized carbons (Fsp3) is 0.579. The number of urea groups is 1. The van der Waals surface area contributed by atoms with Crippen molar-refractivity contribution >= 4 is 11.9 Å². The molecule has 1 aromatic rings. The number of rotatable bonds is 8. The smallest absolute Gasteiger partial charge is 0.315 e. The molecule has 2 saturated carbocycles. The average molecular weight is 347 g/mol. The quantitative estimate of drug-likeness (QED) is 0.633. The minimum Gasteiger partial charge on any atom is -0.356 e. The Labute approximate surface area is 147 Å². The molecule has 3 rings (SSSR count). The molecule has 5 nitrogen and oxygen atoms in total. The van der Waals surface area contributed by atoms with Crippen LogP contribution in [0.2, 0.25) is 0 Å². The third kappa shape index (κ3) is 5.18. The van der Waals surface area contributed by atoms with Crippen LogP contribution in [0, 0.1) is 17.7 Å². The number of benzene rings is 1. The van der Waals surface area contributed by atoms with Gasteiger partial charge in [-0.25, -0.2) is 9.18 Å². The minimum absolute atomic E-state index is 0.0704. The third-order valence-corrected chi connectivity index (χ3v) is 5.02. The normalized spacial score (nSPS) is 18.1. The SMILES string of the molecule is O=C(NCCCNC(=O)C1CCC1)N[C@H](c1ccc(F)cc1)C1CC1. The van der Waals surface area contributed by atoms with E-state index in [9.17, 15) is 14.0 Å². The van der Waals surface area contributed by atoms with Crippen LogP contribution in [-0.2, 0) is 4.79 Å². The Morgan fingerprint density at radius 2 is 1.72 bits per heavy atom. The summed E-state index contributed by atoms with van der Waals surface area (Å²) in [6.07, 6.45) is 6.01. The molecule has 1 atom stereocenters. The molecule has 2 fully saturated rings. The van der Waals surface area contributed by atoms with Crippen LogP contribution in [-0.4, -0.2) is 25.0 Å². The lowest BCUT2D eigenvalue weighted by atomic mass is 9.85. The molecule has 0 saturated heterocycles. The first-order valence-electron chi connectivity index (χ1n) is 9.21. The van der Waals surface area contributed by atoms with Crippen LogP contribution in [0.15, 0.2) is 24.3 Å². The topological polar surface area (TPSA) is 70.2 Å². The van der Waals surface area contributed by atoms with Gasteiger partial charge in [0.25, 0.3) is 0 Å². The van der Waals surface area contributed by atoms with Gasteiger partial charge in [-0.2, -0.15) is 0 Å². The van der Waals surface area contributed by atoms with E-state index in [0.29, 0.717) is 25.4 Å². The molecule has 0 aromatic heterocycles. The van der Waals surface area contributed by atoms with Gasteiger partial charge in [0.05, 0.1) is 6.04 Å². The lowest BCUT2D eigenvalue weighted by molar-refractivity contribution is -0.127. The highest BCUT2D eigenvalue weighted by Gasteiger charge is 2.33. The molecule has 2 aliphatic carbocycles. The molecule has 3 N–H and O–H groups in total. The first-order valence-corrected chi connectivity index (χ1v) is 9.21. The van der Waals surface area contributed by atoms with Crippen LogP contribution in [0.5, 0.6) is 0 Å². The van der Waals surface area contributed by atoms with Crippen LogP contribution >= 0.6 is 0 Å². The zero-order valence-electron chi connectivity index (χ0n) is 14.4. The number of hydrogen-bond donors (Lipinski definition) is 3. The van der Waals surface area contributed by atoms with Crippen LogP contribution in [0.4, 0.5) is 9.18 Å². The van der Waals surface area contributed by atoms with Crippen molar-refractivity contribution in [3.8, 4) is 0 Å². The van der Waals surface area contributed by atoms with Gasteiger partial charge in [-0.1, -0.05) is 18.6 Å². The van der Waals surface area contributed by atoms with E-state index in [1.807, 2.05) is 0 Å². The first kappa shape index (κ1) is 17.7. The van der Waals surface area contributed by atoms with Crippen molar-refractivity contribution in [2.45, 2.75) is 44.6 Å². The van der Waals surface area contributed by atoms with Crippen LogP contribution in [0.25, 0.3) is 0 Å². The van der Waals surface area contributed by atoms with E-state index in [1.54, 1.807) is 12.1 Å². The molecule has 0 radical (unpaired) electrons. The fourth-order valence-electron chi connectivity index (χ4n) is 3.08. The molecule has 1 aromatic carbocycles. The summed E-state index contributed by atoms with van der Waals surface area (Å²) in [5, 5.41) is 8.74. The highest BCUT2D eigenvalue weighted by molar-refractivity contribution is 5.79. The zero-order valence-corrected chi connectivity index (χ0v) is 14.4. The largest absolute Gasteiger partial charge is 0.356 e. The molecule has 136 valence electrons. The molecule has 0 heterocycles. The number of nitrogens with one attached hydrogen (secondary N) is 3. The standard InChI is InChI=1S/C19H26FN3O2/c20-16-9-7-14(8-10-16)17(13-5-6-13)23-19(25)22-12-2-11-21-18(24)15-3-1-4-15/h7-10,13,15,17H,1-6,11-12H2,(H,21,24)(H2,22,23,25)/t17-/m0/s1. The van der Waals surface area contributed by atoms with Crippen molar-refractivity contribution in [3.05, 3.63) is 35.6 Å². The number of carbonyl (C=O) groups is 2. The predicted octanol–water partition coefficient (Wildman–Crippen LogP) is 2.88. The second kappa shape index (κ2) is 8.32. The summed E-state index contributed by atoms with van der Waals surface area (Å²) in [5.41, 5.74) is 0.937. The Morgan fingerprint density at radius 3 is 2.32 bits per heavy atom. The van der Waals surface area contributed by atoms with Gasteiger partial charge in [0.2, 0.25) is 5.91 Å². The molecular formula is C19H26FN3O2. The summed E-state index contributed by atoms with van der Waals surface area (Å²) in [6.45, 7) is 1.09. The maximum Gasteiger partial charge on any atom is 0.315 e. The van der Waals surface area contributed by atoms with Gasteiger partial charge in [0, 0.05) is 19.0 Å². The molecule has 3 amide bonds. The maximum atomic E-state index is 13.1. The van der Waals surface area contributed by atoms with E-state index < -0.39 is 0 Å². The number of carbonyl (C=O) groups excluding carboxylic acids is 2. The second-order valence-corrected chi connectivity index (χ2v) is 7.04. The first-order chi connectivity index (χ1) is 12.1. The predicted molar refractivity (Wildman–Crippen MR) is 93.4 cm³/mol. The molecule has 6 heteroatoms. The lowest BCUT2D eigenvalue weighted by Crippen LogP contribution is -2.40. The summed E-state index contributed by atoms with van der Waals surface area (Å²) >= 11 is 0. The fourth-order valence-corrected chi connectivity index (χ4v) is 3.08. The van der Waals surface area contributed by atoms with Crippen molar-refractivity contribution in [2.24, 2.45) is 11.8 Å². The maximum absolute atomic E-state index is 13.1. The molecular weight excluding hydrogens is 321 g/mol. The lowest BCUT2D eigenvalue weighted by Gasteiger charge is -2.24. The Hall–Kier alpha value is -2.11. The number of hydrogen-bond acceptors (Lipinski definition) is 2. The third-order valence-electron chi connectivity index (χ3n) is 5.02. The molecule has 0 spiro atoms. The Bertz CT molecular complexity index is 597. The van der Waals surface area contributed by atoms with Crippen molar-refractivity contribution < 1.29 is 14.0 Å². The summed E-state index contributed by atoms with van der Waals surface area (Å²) in [7, 11) is 0. The molecule has 0 aliphatic heterocycles. The number of amides is 3. The van der Waals surface area contributed by atoms with E-state index in [-0.39, 0.29) is 29.7 Å². The second-order valence-electron chi connectivity index (χ2n) is 7.04. The average Bonchev–Trinajstić information content (AvgIpc) is 3.36. The molecule has 0 unspecified atom stereocenters. The molecule has 25 heavy (non-hydrogen) atoms. The van der Waals surface area contributed by atoms with E-state index >= 15 is 0 Å². The highest BCUT2D eigenvalue weighted by atomic mass is 19.1. The van der Waals surface area contributed by atoms with Gasteiger partial charge in [-0.3, -0.25) is 4.79 Å². The van der Waals surface area contributed by atoms with Crippen molar-refractivity contribution in [1.29, 1.82) is 0 Å². The summed E-state index contributed by atoms with van der Waals surface area (Å²) in [6, 6.07) is 6.03. The van der Waals surface area contributed by atoms with Crippen LogP contribution in [0.3, 0.4) is 0 Å². The van der Waals surface area contributed by atoms with Gasteiger partial charge in [-0.05, 0) is 55.7 Å². The van der Waals surface area contributed by atoms with Crippen LogP contribution in [0.1, 0.15) is 50.1 Å². The van der Waals surface area contributed by atoms with Crippen LogP contribution < -0.4 is 16.0 Å². The summed E-state index contributed by atoms with van der Waals surface area (Å²) in [4.78, 5) is 23.8. The van der Waals surface area contributed by atoms with E-state index in [1.165, 1.54) is 12.1 Å². The summed E-state index contributed by atoms with van der Waals surface area (Å²) < 4.78 is 13.1. The number of halogens is 1. The van der Waals surface area contributed by atoms with Crippen molar-refractivity contribution in [3.63, 3.8) is 0 Å². The van der Waals surface area contributed by atoms with Gasteiger partial charge in [0.15, 0.2) is 0 Å². The van der Waals surface area contributed by atoms with Crippen molar-refractivity contribution in [2.75, 3.05) is 13.1 Å². The Kier molecular flexibility index (Phi) is 5.89. The van der Waals surface area contributed by atoms with Gasteiger partial charge >= 0.3 is 6.03 Å². The Balaban J connectivity index is 1.35. The van der Waals surface area contributed by atoms with Gasteiger partial charge < -0.3 is 16.0 Å². The van der Waals surface area contributed by atoms with E-state index in [4.69, 9.17) is 0 Å². The zero-order chi connectivity index (χ0) is 17.6. The Morgan fingerprint density at radius 1 is 1.04 bits per heavy atom. The van der Waals surface area contributed by atoms with E-state index in [2.05, 4.69) is 16.0 Å². The molecule has 0 bridgehead atoms. The van der Waals surface area contributed by atoms with Gasteiger partial charge in [-0.15, -0.1) is 0 Å². The monoisotopic (exact) mass is 347 g/mol.